The molecular weight excluding hydrogens is 184 g/mol. The smallest absolute Gasteiger partial charge is 0.137 e. The third kappa shape index (κ3) is 2.26. The van der Waals surface area contributed by atoms with Crippen LogP contribution in [-0.2, 0) is 4.79 Å². The molecule has 1 aliphatic carbocycles. The van der Waals surface area contributed by atoms with Crippen LogP contribution < -0.4 is 0 Å². The second-order valence-corrected chi connectivity index (χ2v) is 6.63. The van der Waals surface area contributed by atoms with E-state index in [2.05, 4.69) is 41.5 Å². The summed E-state index contributed by atoms with van der Waals surface area (Å²) in [5.41, 5.74) is 0.448. The van der Waals surface area contributed by atoms with Gasteiger partial charge in [-0.25, -0.2) is 0 Å². The minimum absolute atomic E-state index is 0.224. The van der Waals surface area contributed by atoms with Gasteiger partial charge in [-0.2, -0.15) is 0 Å². The zero-order valence-corrected chi connectivity index (χ0v) is 11.2. The lowest BCUT2D eigenvalue weighted by molar-refractivity contribution is -0.121. The van der Waals surface area contributed by atoms with E-state index in [0.29, 0.717) is 11.7 Å². The Bertz CT molecular complexity index is 234. The van der Waals surface area contributed by atoms with E-state index in [9.17, 15) is 4.79 Å². The van der Waals surface area contributed by atoms with E-state index in [1.54, 1.807) is 0 Å². The van der Waals surface area contributed by atoms with Crippen molar-refractivity contribution in [2.24, 2.45) is 22.7 Å². The van der Waals surface area contributed by atoms with Crippen molar-refractivity contribution in [3.8, 4) is 0 Å². The molecule has 0 heterocycles. The fraction of sp³-hybridized carbons (Fsp3) is 0.929. The van der Waals surface area contributed by atoms with E-state index in [0.717, 1.165) is 18.8 Å². The first kappa shape index (κ1) is 12.7. The highest BCUT2D eigenvalue weighted by Crippen LogP contribution is 2.68. The number of Topliss-reactive ketones (excluding diaryl/α,β-unsaturated/α-hetero) is 1. The second kappa shape index (κ2) is 3.92. The van der Waals surface area contributed by atoms with E-state index in [1.807, 2.05) is 0 Å². The fourth-order valence-electron chi connectivity index (χ4n) is 2.83. The molecule has 0 N–H and O–H groups in total. The van der Waals surface area contributed by atoms with Crippen molar-refractivity contribution in [1.82, 2.24) is 0 Å². The van der Waals surface area contributed by atoms with Crippen molar-refractivity contribution < 1.29 is 4.79 Å². The third-order valence-electron chi connectivity index (χ3n) is 4.55. The van der Waals surface area contributed by atoms with Crippen LogP contribution in [0.3, 0.4) is 0 Å². The average molecular weight is 210 g/mol. The first-order valence-corrected chi connectivity index (χ1v) is 6.24. The molecule has 0 spiro atoms. The number of hydrogen-bond donors (Lipinski definition) is 0. The molecule has 1 saturated carbocycles. The Morgan fingerprint density at radius 2 is 1.60 bits per heavy atom. The van der Waals surface area contributed by atoms with Gasteiger partial charge < -0.3 is 0 Å². The Hall–Kier alpha value is -0.330. The van der Waals surface area contributed by atoms with Gasteiger partial charge in [-0.05, 0) is 23.2 Å². The van der Waals surface area contributed by atoms with Gasteiger partial charge in [0.1, 0.15) is 5.78 Å². The predicted molar refractivity (Wildman–Crippen MR) is 64.7 cm³/mol. The van der Waals surface area contributed by atoms with Crippen LogP contribution in [-0.4, -0.2) is 5.78 Å². The van der Waals surface area contributed by atoms with Gasteiger partial charge in [0.15, 0.2) is 0 Å². The molecule has 0 aromatic rings. The predicted octanol–water partition coefficient (Wildman–Crippen LogP) is 4.06. The molecule has 1 nitrogen and oxygen atoms in total. The van der Waals surface area contributed by atoms with Gasteiger partial charge in [0.05, 0.1) is 0 Å². The Kier molecular flexibility index (Phi) is 3.33. The van der Waals surface area contributed by atoms with Gasteiger partial charge in [0, 0.05) is 12.3 Å². The normalized spacial score (nSPS) is 23.1. The maximum Gasteiger partial charge on any atom is 0.137 e. The Morgan fingerprint density at radius 1 is 1.13 bits per heavy atom. The number of rotatable bonds is 5. The zero-order chi connectivity index (χ0) is 11.9. The second-order valence-electron chi connectivity index (χ2n) is 6.63. The minimum Gasteiger partial charge on any atom is -0.299 e. The average Bonchev–Trinajstić information content (AvgIpc) is 2.41. The Morgan fingerprint density at radius 3 is 1.93 bits per heavy atom. The summed E-state index contributed by atoms with van der Waals surface area (Å²) in [6.07, 6.45) is 3.04. The number of carbonyl (C=O) groups is 1. The minimum atomic E-state index is 0.224. The highest BCUT2D eigenvalue weighted by atomic mass is 16.1. The summed E-state index contributed by atoms with van der Waals surface area (Å²) in [4.78, 5) is 12.0. The molecule has 1 aliphatic rings. The Labute approximate surface area is 94.6 Å². The lowest BCUT2D eigenvalue weighted by Crippen LogP contribution is -2.07. The summed E-state index contributed by atoms with van der Waals surface area (Å²) in [5.74, 6) is 1.51. The lowest BCUT2D eigenvalue weighted by Gasteiger charge is -2.04. The van der Waals surface area contributed by atoms with Crippen molar-refractivity contribution in [1.29, 1.82) is 0 Å². The largest absolute Gasteiger partial charge is 0.299 e. The van der Waals surface area contributed by atoms with Gasteiger partial charge in [-0.15, -0.1) is 0 Å². The van der Waals surface area contributed by atoms with Crippen LogP contribution in [0.5, 0.6) is 0 Å². The quantitative estimate of drug-likeness (QED) is 0.668. The maximum atomic E-state index is 12.0. The summed E-state index contributed by atoms with van der Waals surface area (Å²) in [6.45, 7) is 13.3. The first-order chi connectivity index (χ1) is 6.71. The summed E-state index contributed by atoms with van der Waals surface area (Å²) in [6, 6.07) is 0. The van der Waals surface area contributed by atoms with Crippen molar-refractivity contribution in [2.75, 3.05) is 0 Å². The van der Waals surface area contributed by atoms with Crippen LogP contribution in [0, 0.1) is 22.7 Å². The highest BCUT2D eigenvalue weighted by Gasteiger charge is 2.67. The summed E-state index contributed by atoms with van der Waals surface area (Å²) in [5, 5.41) is 0. The fourth-order valence-corrected chi connectivity index (χ4v) is 2.83. The van der Waals surface area contributed by atoms with Crippen LogP contribution in [0.4, 0.5) is 0 Å². The molecule has 0 radical (unpaired) electrons. The topological polar surface area (TPSA) is 17.1 Å². The van der Waals surface area contributed by atoms with Crippen molar-refractivity contribution in [3.63, 3.8) is 0 Å². The number of hydrogen-bond acceptors (Lipinski definition) is 1. The van der Waals surface area contributed by atoms with Crippen LogP contribution in [0.25, 0.3) is 0 Å². The SMILES string of the molecule is CC(C)CCCC(=O)C1C(C)(C)C1(C)C. The lowest BCUT2D eigenvalue weighted by atomic mass is 10.00. The molecule has 1 fully saturated rings. The first-order valence-electron chi connectivity index (χ1n) is 6.24. The molecule has 0 amide bonds. The van der Waals surface area contributed by atoms with E-state index < -0.39 is 0 Å². The van der Waals surface area contributed by atoms with E-state index >= 15 is 0 Å². The number of ketones is 1. The number of carbonyl (C=O) groups excluding carboxylic acids is 1. The molecule has 15 heavy (non-hydrogen) atoms. The maximum absolute atomic E-state index is 12.0. The van der Waals surface area contributed by atoms with E-state index in [-0.39, 0.29) is 10.8 Å². The highest BCUT2D eigenvalue weighted by molar-refractivity contribution is 5.86. The van der Waals surface area contributed by atoms with Crippen molar-refractivity contribution in [3.05, 3.63) is 0 Å². The Balaban J connectivity index is 2.38. The zero-order valence-electron chi connectivity index (χ0n) is 11.2. The van der Waals surface area contributed by atoms with Gasteiger partial charge in [-0.3, -0.25) is 4.79 Å². The van der Waals surface area contributed by atoms with Crippen molar-refractivity contribution >= 4 is 5.78 Å². The van der Waals surface area contributed by atoms with Gasteiger partial charge in [-0.1, -0.05) is 48.0 Å². The van der Waals surface area contributed by atoms with Crippen molar-refractivity contribution in [2.45, 2.75) is 60.8 Å². The third-order valence-corrected chi connectivity index (χ3v) is 4.55. The summed E-state index contributed by atoms with van der Waals surface area (Å²) >= 11 is 0. The molecule has 0 aromatic carbocycles. The summed E-state index contributed by atoms with van der Waals surface area (Å²) in [7, 11) is 0. The van der Waals surface area contributed by atoms with Gasteiger partial charge >= 0.3 is 0 Å². The molecule has 0 aromatic heterocycles. The van der Waals surface area contributed by atoms with Crippen LogP contribution in [0.1, 0.15) is 60.8 Å². The molecule has 0 aliphatic heterocycles. The van der Waals surface area contributed by atoms with Crippen LogP contribution in [0.2, 0.25) is 0 Å². The molecule has 88 valence electrons. The van der Waals surface area contributed by atoms with E-state index in [4.69, 9.17) is 0 Å². The summed E-state index contributed by atoms with van der Waals surface area (Å²) < 4.78 is 0. The van der Waals surface area contributed by atoms with Gasteiger partial charge in [0.25, 0.3) is 0 Å². The van der Waals surface area contributed by atoms with Gasteiger partial charge in [0.2, 0.25) is 0 Å². The molecule has 0 atom stereocenters. The molecule has 0 bridgehead atoms. The van der Waals surface area contributed by atoms with Crippen LogP contribution in [0.15, 0.2) is 0 Å². The molecule has 1 heteroatoms. The van der Waals surface area contributed by atoms with E-state index in [1.165, 1.54) is 6.42 Å². The van der Waals surface area contributed by atoms with Crippen LogP contribution >= 0.6 is 0 Å². The molecular formula is C14H26O. The standard InChI is InChI=1S/C14H26O/c1-10(2)8-7-9-11(15)12-13(3,4)14(12,5)6/h10,12H,7-9H2,1-6H3. The monoisotopic (exact) mass is 210 g/mol. The molecule has 0 saturated heterocycles. The molecule has 1 rings (SSSR count). The molecule has 0 unspecified atom stereocenters.